The number of hydrogen-bond acceptors (Lipinski definition) is 6. The van der Waals surface area contributed by atoms with Crippen molar-refractivity contribution in [3.05, 3.63) is 53.1 Å². The third-order valence-electron chi connectivity index (χ3n) is 4.41. The number of carbonyl (C=O) groups excluding carboxylic acids is 3. The number of ketones is 1. The van der Waals surface area contributed by atoms with E-state index in [0.29, 0.717) is 22.7 Å². The minimum Gasteiger partial charge on any atom is -0.456 e. The number of esters is 1. The lowest BCUT2D eigenvalue weighted by molar-refractivity contribution is -0.147. The zero-order valence-corrected chi connectivity index (χ0v) is 15.7. The first-order valence-electron chi connectivity index (χ1n) is 8.88. The number of fused-ring (bicyclic) bond motifs is 1. The van der Waals surface area contributed by atoms with E-state index in [4.69, 9.17) is 14.2 Å². The molecule has 7 nitrogen and oxygen atoms in total. The van der Waals surface area contributed by atoms with Crippen molar-refractivity contribution in [3.63, 3.8) is 0 Å². The second-order valence-corrected chi connectivity index (χ2v) is 6.50. The maximum atomic E-state index is 12.2. The Labute approximate surface area is 162 Å². The summed E-state index contributed by atoms with van der Waals surface area (Å²) in [6.07, 6.45) is -0.0474. The zero-order chi connectivity index (χ0) is 20.1. The number of aryl methyl sites for hydroxylation is 2. The van der Waals surface area contributed by atoms with Crippen LogP contribution in [0.2, 0.25) is 0 Å². The standard InChI is InChI=1S/C21H21NO6/c1-13-3-4-15(9-14(13)2)17(23)6-8-21(25)26-11-20(24)22-16-5-7-18-19(10-16)28-12-27-18/h3-5,7,9-10H,6,8,11-12H2,1-2H3,(H,22,24). The summed E-state index contributed by atoms with van der Waals surface area (Å²) >= 11 is 0. The molecule has 0 fully saturated rings. The van der Waals surface area contributed by atoms with Gasteiger partial charge in [-0.05, 0) is 43.2 Å². The fourth-order valence-electron chi connectivity index (χ4n) is 2.66. The lowest BCUT2D eigenvalue weighted by Crippen LogP contribution is -2.21. The SMILES string of the molecule is Cc1ccc(C(=O)CCC(=O)OCC(=O)Nc2ccc3c(c2)OCO3)cc1C. The van der Waals surface area contributed by atoms with Crippen molar-refractivity contribution < 1.29 is 28.6 Å². The Hall–Kier alpha value is -3.35. The number of rotatable bonds is 7. The van der Waals surface area contributed by atoms with Gasteiger partial charge in [0.25, 0.3) is 5.91 Å². The molecule has 1 aliphatic heterocycles. The summed E-state index contributed by atoms with van der Waals surface area (Å²) in [4.78, 5) is 35.9. The van der Waals surface area contributed by atoms with Crippen LogP contribution in [-0.4, -0.2) is 31.1 Å². The van der Waals surface area contributed by atoms with Crippen LogP contribution in [0.5, 0.6) is 11.5 Å². The highest BCUT2D eigenvalue weighted by Gasteiger charge is 2.15. The van der Waals surface area contributed by atoms with Crippen LogP contribution < -0.4 is 14.8 Å². The lowest BCUT2D eigenvalue weighted by atomic mass is 10.0. The average molecular weight is 383 g/mol. The third-order valence-corrected chi connectivity index (χ3v) is 4.41. The van der Waals surface area contributed by atoms with Gasteiger partial charge in [-0.15, -0.1) is 0 Å². The van der Waals surface area contributed by atoms with Crippen LogP contribution in [0.1, 0.15) is 34.3 Å². The van der Waals surface area contributed by atoms with Gasteiger partial charge in [-0.2, -0.15) is 0 Å². The minimum absolute atomic E-state index is 0.0329. The van der Waals surface area contributed by atoms with Crippen LogP contribution in [0.4, 0.5) is 5.69 Å². The number of benzene rings is 2. The van der Waals surface area contributed by atoms with Gasteiger partial charge in [-0.3, -0.25) is 14.4 Å². The fraction of sp³-hybridized carbons (Fsp3) is 0.286. The lowest BCUT2D eigenvalue weighted by Gasteiger charge is -2.08. The first-order chi connectivity index (χ1) is 13.4. The number of anilines is 1. The van der Waals surface area contributed by atoms with Gasteiger partial charge in [0, 0.05) is 23.7 Å². The Morgan fingerprint density at radius 2 is 1.75 bits per heavy atom. The molecule has 0 saturated heterocycles. The van der Waals surface area contributed by atoms with Crippen molar-refractivity contribution in [2.45, 2.75) is 26.7 Å². The average Bonchev–Trinajstić information content (AvgIpc) is 3.14. The Balaban J connectivity index is 1.41. The summed E-state index contributed by atoms with van der Waals surface area (Å²) in [6.45, 7) is 3.62. The van der Waals surface area contributed by atoms with Crippen molar-refractivity contribution in [3.8, 4) is 11.5 Å². The van der Waals surface area contributed by atoms with Crippen LogP contribution in [0, 0.1) is 13.8 Å². The molecule has 0 unspecified atom stereocenters. The van der Waals surface area contributed by atoms with Gasteiger partial charge in [0.15, 0.2) is 23.9 Å². The number of amides is 1. The van der Waals surface area contributed by atoms with Crippen LogP contribution in [0.15, 0.2) is 36.4 Å². The summed E-state index contributed by atoms with van der Waals surface area (Å²) in [5.74, 6) is -0.0619. The molecule has 146 valence electrons. The van der Waals surface area contributed by atoms with Crippen molar-refractivity contribution >= 4 is 23.3 Å². The van der Waals surface area contributed by atoms with Crippen molar-refractivity contribution in [1.82, 2.24) is 0 Å². The van der Waals surface area contributed by atoms with Crippen LogP contribution in [0.25, 0.3) is 0 Å². The summed E-state index contributed by atoms with van der Waals surface area (Å²) in [7, 11) is 0. The van der Waals surface area contributed by atoms with Gasteiger partial charge in [-0.1, -0.05) is 12.1 Å². The van der Waals surface area contributed by atoms with Gasteiger partial charge in [0.1, 0.15) is 0 Å². The minimum atomic E-state index is -0.599. The normalized spacial score (nSPS) is 11.8. The van der Waals surface area contributed by atoms with E-state index in [0.717, 1.165) is 11.1 Å². The molecule has 0 aliphatic carbocycles. The largest absolute Gasteiger partial charge is 0.456 e. The molecule has 0 aromatic heterocycles. The molecule has 0 atom stereocenters. The molecule has 0 bridgehead atoms. The maximum absolute atomic E-state index is 12.2. The van der Waals surface area contributed by atoms with Crippen LogP contribution in [0.3, 0.4) is 0 Å². The van der Waals surface area contributed by atoms with Crippen LogP contribution >= 0.6 is 0 Å². The zero-order valence-electron chi connectivity index (χ0n) is 15.7. The molecule has 0 saturated carbocycles. The highest BCUT2D eigenvalue weighted by molar-refractivity contribution is 5.98. The molecular weight excluding hydrogens is 362 g/mol. The molecular formula is C21H21NO6. The fourth-order valence-corrected chi connectivity index (χ4v) is 2.66. The molecule has 28 heavy (non-hydrogen) atoms. The van der Waals surface area contributed by atoms with E-state index in [2.05, 4.69) is 5.32 Å². The predicted octanol–water partition coefficient (Wildman–Crippen LogP) is 3.18. The second-order valence-electron chi connectivity index (χ2n) is 6.50. The molecule has 1 N–H and O–H groups in total. The first kappa shape index (κ1) is 19.4. The number of carbonyl (C=O) groups is 3. The Bertz CT molecular complexity index is 921. The summed E-state index contributed by atoms with van der Waals surface area (Å²) < 4.78 is 15.4. The maximum Gasteiger partial charge on any atom is 0.306 e. The highest BCUT2D eigenvalue weighted by atomic mass is 16.7. The number of hydrogen-bond donors (Lipinski definition) is 1. The molecule has 3 rings (SSSR count). The number of Topliss-reactive ketones (excluding diaryl/α,β-unsaturated/α-hetero) is 1. The number of nitrogens with one attached hydrogen (secondary N) is 1. The summed E-state index contributed by atoms with van der Waals surface area (Å²) in [5.41, 5.74) is 3.20. The van der Waals surface area contributed by atoms with Crippen LogP contribution in [-0.2, 0) is 14.3 Å². The van der Waals surface area contributed by atoms with Crippen molar-refractivity contribution in [1.29, 1.82) is 0 Å². The van der Waals surface area contributed by atoms with Gasteiger partial charge >= 0.3 is 5.97 Å². The second kappa shape index (κ2) is 8.56. The molecule has 0 radical (unpaired) electrons. The van der Waals surface area contributed by atoms with E-state index in [-0.39, 0.29) is 25.4 Å². The van der Waals surface area contributed by atoms with E-state index in [1.807, 2.05) is 26.0 Å². The molecule has 2 aromatic rings. The predicted molar refractivity (Wildman–Crippen MR) is 102 cm³/mol. The van der Waals surface area contributed by atoms with E-state index in [9.17, 15) is 14.4 Å². The third kappa shape index (κ3) is 4.88. The quantitative estimate of drug-likeness (QED) is 0.583. The number of ether oxygens (including phenoxy) is 3. The van der Waals surface area contributed by atoms with E-state index in [1.165, 1.54) is 0 Å². The Morgan fingerprint density at radius 3 is 2.54 bits per heavy atom. The molecule has 1 heterocycles. The Kier molecular flexibility index (Phi) is 5.93. The van der Waals surface area contributed by atoms with Crippen molar-refractivity contribution in [2.24, 2.45) is 0 Å². The molecule has 2 aromatic carbocycles. The van der Waals surface area contributed by atoms with E-state index >= 15 is 0 Å². The molecule has 0 spiro atoms. The monoisotopic (exact) mass is 383 g/mol. The van der Waals surface area contributed by atoms with Crippen molar-refractivity contribution in [2.75, 3.05) is 18.7 Å². The molecule has 1 amide bonds. The van der Waals surface area contributed by atoms with Gasteiger partial charge < -0.3 is 19.5 Å². The molecule has 7 heteroatoms. The van der Waals surface area contributed by atoms with Gasteiger partial charge in [0.05, 0.1) is 6.42 Å². The summed E-state index contributed by atoms with van der Waals surface area (Å²) in [6, 6.07) is 10.4. The molecule has 1 aliphatic rings. The smallest absolute Gasteiger partial charge is 0.306 e. The van der Waals surface area contributed by atoms with E-state index < -0.39 is 18.5 Å². The van der Waals surface area contributed by atoms with Gasteiger partial charge in [-0.25, -0.2) is 0 Å². The van der Waals surface area contributed by atoms with Gasteiger partial charge in [0.2, 0.25) is 6.79 Å². The topological polar surface area (TPSA) is 90.9 Å². The van der Waals surface area contributed by atoms with E-state index in [1.54, 1.807) is 24.3 Å². The Morgan fingerprint density at radius 1 is 0.964 bits per heavy atom. The summed E-state index contributed by atoms with van der Waals surface area (Å²) in [5, 5.41) is 2.61. The highest BCUT2D eigenvalue weighted by Crippen LogP contribution is 2.34. The first-order valence-corrected chi connectivity index (χ1v) is 8.88.